The Hall–Kier alpha value is -0.0900. The molecule has 106 valence electrons. The zero-order valence-electron chi connectivity index (χ0n) is 11.2. The second kappa shape index (κ2) is 6.57. The van der Waals surface area contributed by atoms with Gasteiger partial charge in [-0.1, -0.05) is 52.9 Å². The molecule has 0 amide bonds. The van der Waals surface area contributed by atoms with E-state index in [9.17, 15) is 5.11 Å². The summed E-state index contributed by atoms with van der Waals surface area (Å²) in [6.07, 6.45) is 5.38. The van der Waals surface area contributed by atoms with Gasteiger partial charge < -0.3 is 9.84 Å². The van der Waals surface area contributed by atoms with Gasteiger partial charge >= 0.3 is 0 Å². The van der Waals surface area contributed by atoms with Crippen LogP contribution in [0.4, 0.5) is 0 Å². The summed E-state index contributed by atoms with van der Waals surface area (Å²) in [5.74, 6) is 0. The van der Waals surface area contributed by atoms with E-state index in [1.54, 1.807) is 7.11 Å². The predicted octanol–water partition coefficient (Wildman–Crippen LogP) is 4.36. The minimum Gasteiger partial charge on any atom is -0.390 e. The third-order valence-corrected chi connectivity index (χ3v) is 4.99. The molecule has 1 atom stereocenters. The molecule has 0 aromatic heterocycles. The zero-order chi connectivity index (χ0) is 13.9. The highest BCUT2D eigenvalue weighted by molar-refractivity contribution is 9.10. The van der Waals surface area contributed by atoms with E-state index in [2.05, 4.69) is 15.9 Å². The molecular weight excluding hydrogens is 328 g/mol. The van der Waals surface area contributed by atoms with Crippen molar-refractivity contribution in [1.82, 2.24) is 0 Å². The molecule has 0 saturated heterocycles. The van der Waals surface area contributed by atoms with Crippen LogP contribution < -0.4 is 0 Å². The van der Waals surface area contributed by atoms with Gasteiger partial charge in [0.05, 0.1) is 11.7 Å². The fourth-order valence-electron chi connectivity index (χ4n) is 2.91. The monoisotopic (exact) mass is 346 g/mol. The molecule has 1 unspecified atom stereocenters. The van der Waals surface area contributed by atoms with Gasteiger partial charge in [0.2, 0.25) is 0 Å². The average molecular weight is 348 g/mol. The third kappa shape index (κ3) is 3.52. The van der Waals surface area contributed by atoms with E-state index in [-0.39, 0.29) is 0 Å². The van der Waals surface area contributed by atoms with Crippen molar-refractivity contribution < 1.29 is 9.84 Å². The van der Waals surface area contributed by atoms with Crippen LogP contribution in [0.5, 0.6) is 0 Å². The highest BCUT2D eigenvalue weighted by Gasteiger charge is 2.39. The van der Waals surface area contributed by atoms with Crippen LogP contribution in [0.1, 0.15) is 37.7 Å². The lowest BCUT2D eigenvalue weighted by atomic mass is 9.78. The molecule has 0 bridgehead atoms. The Bertz CT molecular complexity index is 430. The van der Waals surface area contributed by atoms with Gasteiger partial charge in [-0.15, -0.1) is 0 Å². The van der Waals surface area contributed by atoms with E-state index in [0.29, 0.717) is 11.4 Å². The van der Waals surface area contributed by atoms with Crippen molar-refractivity contribution in [3.8, 4) is 0 Å². The van der Waals surface area contributed by atoms with E-state index in [1.165, 1.54) is 6.42 Å². The number of methoxy groups -OCH3 is 1. The Labute approximate surface area is 128 Å². The second-order valence-corrected chi connectivity index (χ2v) is 6.61. The van der Waals surface area contributed by atoms with Crippen molar-refractivity contribution in [3.63, 3.8) is 0 Å². The number of hydrogen-bond donors (Lipinski definition) is 1. The molecule has 4 heteroatoms. The molecule has 0 radical (unpaired) electrons. The number of benzene rings is 1. The molecule has 1 fully saturated rings. The Balaban J connectivity index is 2.12. The van der Waals surface area contributed by atoms with Gasteiger partial charge in [-0.2, -0.15) is 0 Å². The van der Waals surface area contributed by atoms with Gasteiger partial charge in [0.15, 0.2) is 0 Å². The predicted molar refractivity (Wildman–Crippen MR) is 81.7 cm³/mol. The Kier molecular flexibility index (Phi) is 5.29. The summed E-state index contributed by atoms with van der Waals surface area (Å²) in [5, 5.41) is 11.3. The summed E-state index contributed by atoms with van der Waals surface area (Å²) >= 11 is 9.61. The maximum Gasteiger partial charge on any atom is 0.0939 e. The van der Waals surface area contributed by atoms with Crippen LogP contribution in [-0.2, 0) is 11.2 Å². The summed E-state index contributed by atoms with van der Waals surface area (Å²) in [6.45, 7) is 0. The first-order valence-corrected chi connectivity index (χ1v) is 7.92. The lowest BCUT2D eigenvalue weighted by Gasteiger charge is -2.40. The van der Waals surface area contributed by atoms with Gasteiger partial charge in [0.1, 0.15) is 0 Å². The van der Waals surface area contributed by atoms with Crippen LogP contribution >= 0.6 is 27.5 Å². The summed E-state index contributed by atoms with van der Waals surface area (Å²) in [6, 6.07) is 5.78. The number of hydrogen-bond acceptors (Lipinski definition) is 2. The van der Waals surface area contributed by atoms with E-state index in [0.717, 1.165) is 35.7 Å². The highest BCUT2D eigenvalue weighted by atomic mass is 79.9. The van der Waals surface area contributed by atoms with Crippen molar-refractivity contribution in [2.45, 2.75) is 50.2 Å². The maximum absolute atomic E-state index is 10.6. The highest BCUT2D eigenvalue weighted by Crippen LogP contribution is 2.36. The summed E-state index contributed by atoms with van der Waals surface area (Å²) in [4.78, 5) is 0. The van der Waals surface area contributed by atoms with E-state index in [1.807, 2.05) is 18.2 Å². The number of aliphatic hydroxyl groups is 1. The van der Waals surface area contributed by atoms with Gasteiger partial charge in [0.25, 0.3) is 0 Å². The summed E-state index contributed by atoms with van der Waals surface area (Å²) in [7, 11) is 1.71. The molecule has 1 aliphatic carbocycles. The molecule has 0 heterocycles. The van der Waals surface area contributed by atoms with Crippen LogP contribution in [0.15, 0.2) is 22.7 Å². The van der Waals surface area contributed by atoms with Gasteiger partial charge in [-0.25, -0.2) is 0 Å². The first kappa shape index (κ1) is 15.3. The first-order chi connectivity index (χ1) is 9.07. The minimum atomic E-state index is -0.503. The Morgan fingerprint density at radius 1 is 1.37 bits per heavy atom. The Morgan fingerprint density at radius 2 is 2.05 bits per heavy atom. The zero-order valence-corrected chi connectivity index (χ0v) is 13.5. The molecular formula is C15H20BrClO2. The SMILES string of the molecule is COC1(C(O)Cc2ccc(Br)cc2Cl)CCCCC1. The molecule has 1 aromatic rings. The molecule has 2 nitrogen and oxygen atoms in total. The molecule has 0 aliphatic heterocycles. The summed E-state index contributed by atoms with van der Waals surface area (Å²) in [5.41, 5.74) is 0.577. The third-order valence-electron chi connectivity index (χ3n) is 4.14. The standard InChI is InChI=1S/C15H20BrClO2/c1-19-15(7-3-2-4-8-15)14(18)9-11-5-6-12(16)10-13(11)17/h5-6,10,14,18H,2-4,7-9H2,1H3. The van der Waals surface area contributed by atoms with E-state index >= 15 is 0 Å². The van der Waals surface area contributed by atoms with Gasteiger partial charge in [-0.05, 0) is 30.5 Å². The Morgan fingerprint density at radius 3 is 2.63 bits per heavy atom. The van der Waals surface area contributed by atoms with Crippen LogP contribution in [-0.4, -0.2) is 23.9 Å². The molecule has 1 N–H and O–H groups in total. The van der Waals surface area contributed by atoms with Crippen LogP contribution in [0, 0.1) is 0 Å². The lowest BCUT2D eigenvalue weighted by molar-refractivity contribution is -0.122. The molecule has 1 aromatic carbocycles. The summed E-state index contributed by atoms with van der Waals surface area (Å²) < 4.78 is 6.63. The van der Waals surface area contributed by atoms with Gasteiger partial charge in [-0.3, -0.25) is 0 Å². The van der Waals surface area contributed by atoms with Crippen LogP contribution in [0.3, 0.4) is 0 Å². The van der Waals surface area contributed by atoms with E-state index < -0.39 is 11.7 Å². The fraction of sp³-hybridized carbons (Fsp3) is 0.600. The van der Waals surface area contributed by atoms with E-state index in [4.69, 9.17) is 16.3 Å². The minimum absolute atomic E-state index is 0.394. The second-order valence-electron chi connectivity index (χ2n) is 5.29. The molecule has 1 aliphatic rings. The van der Waals surface area contributed by atoms with Crippen molar-refractivity contribution in [1.29, 1.82) is 0 Å². The van der Waals surface area contributed by atoms with Crippen LogP contribution in [0.2, 0.25) is 5.02 Å². The maximum atomic E-state index is 10.6. The smallest absolute Gasteiger partial charge is 0.0939 e. The molecule has 19 heavy (non-hydrogen) atoms. The molecule has 1 saturated carbocycles. The first-order valence-electron chi connectivity index (χ1n) is 6.74. The largest absolute Gasteiger partial charge is 0.390 e. The fourth-order valence-corrected chi connectivity index (χ4v) is 3.66. The average Bonchev–Trinajstić information content (AvgIpc) is 2.42. The number of ether oxygens (including phenoxy) is 1. The number of halogens is 2. The normalized spacial score (nSPS) is 20.2. The van der Waals surface area contributed by atoms with Crippen molar-refractivity contribution >= 4 is 27.5 Å². The van der Waals surface area contributed by atoms with Gasteiger partial charge in [0, 0.05) is 23.0 Å². The molecule has 0 spiro atoms. The quantitative estimate of drug-likeness (QED) is 0.877. The van der Waals surface area contributed by atoms with Crippen molar-refractivity contribution in [2.75, 3.05) is 7.11 Å². The topological polar surface area (TPSA) is 29.5 Å². The number of rotatable bonds is 4. The number of aliphatic hydroxyl groups excluding tert-OH is 1. The van der Waals surface area contributed by atoms with Crippen molar-refractivity contribution in [2.24, 2.45) is 0 Å². The lowest BCUT2D eigenvalue weighted by Crippen LogP contribution is -2.46. The van der Waals surface area contributed by atoms with Crippen LogP contribution in [0.25, 0.3) is 0 Å². The van der Waals surface area contributed by atoms with Crippen molar-refractivity contribution in [3.05, 3.63) is 33.3 Å². The molecule has 2 rings (SSSR count).